The maximum atomic E-state index is 14.4. The minimum Gasteiger partial charge on any atom is -0.445 e. The summed E-state index contributed by atoms with van der Waals surface area (Å²) in [5.41, 5.74) is 0.0812. The predicted octanol–water partition coefficient (Wildman–Crippen LogP) is 5.28. The molecular weight excluding hydrogens is 492 g/mol. The lowest BCUT2D eigenvalue weighted by molar-refractivity contribution is -0.134. The summed E-state index contributed by atoms with van der Waals surface area (Å²) in [5.74, 6) is -0.0911. The van der Waals surface area contributed by atoms with Crippen LogP contribution in [0.4, 0.5) is 15.3 Å². The van der Waals surface area contributed by atoms with E-state index in [1.807, 2.05) is 36.4 Å². The van der Waals surface area contributed by atoms with Gasteiger partial charge in [-0.3, -0.25) is 4.79 Å². The molecule has 0 saturated carbocycles. The molecule has 9 nitrogen and oxygen atoms in total. The number of benzene rings is 2. The molecule has 0 fully saturated rings. The van der Waals surface area contributed by atoms with Crippen LogP contribution in [0.5, 0.6) is 0 Å². The van der Waals surface area contributed by atoms with E-state index in [1.165, 1.54) is 11.8 Å². The Kier molecular flexibility index (Phi) is 7.58. The molecule has 2 aliphatic heterocycles. The van der Waals surface area contributed by atoms with E-state index in [1.54, 1.807) is 56.9 Å². The number of anilines is 1. The van der Waals surface area contributed by atoms with E-state index < -0.39 is 36.0 Å². The van der Waals surface area contributed by atoms with Crippen LogP contribution in [0.1, 0.15) is 38.8 Å². The zero-order chi connectivity index (χ0) is 26.7. The number of amides is 3. The van der Waals surface area contributed by atoms with E-state index in [9.17, 15) is 14.4 Å². The number of fused-ring (bicyclic) bond motifs is 2. The van der Waals surface area contributed by atoms with Crippen LogP contribution in [0.3, 0.4) is 0 Å². The molecule has 2 aliphatic rings. The van der Waals surface area contributed by atoms with Gasteiger partial charge in [0.15, 0.2) is 5.17 Å². The molecular formula is C27H30N4O5S. The second kappa shape index (κ2) is 10.7. The quantitative estimate of drug-likeness (QED) is 0.479. The molecule has 37 heavy (non-hydrogen) atoms. The molecule has 0 radical (unpaired) electrons. The Morgan fingerprint density at radius 3 is 2.27 bits per heavy atom. The number of nitrogens with zero attached hydrogens (tertiary/aromatic N) is 4. The number of rotatable bonds is 6. The number of para-hydroxylation sites is 1. The highest BCUT2D eigenvalue weighted by molar-refractivity contribution is 8.13. The van der Waals surface area contributed by atoms with Crippen LogP contribution in [0, 0.1) is 0 Å². The molecule has 1 atom stereocenters. The van der Waals surface area contributed by atoms with Crippen LogP contribution in [0.2, 0.25) is 0 Å². The van der Waals surface area contributed by atoms with Crippen molar-refractivity contribution in [2.24, 2.45) is 4.99 Å². The Morgan fingerprint density at radius 1 is 1.00 bits per heavy atom. The van der Waals surface area contributed by atoms with Gasteiger partial charge in [0.05, 0.1) is 24.4 Å². The number of hydrogen-bond acceptors (Lipinski definition) is 7. The van der Waals surface area contributed by atoms with Crippen LogP contribution < -0.4 is 4.90 Å². The van der Waals surface area contributed by atoms with Gasteiger partial charge in [-0.1, -0.05) is 66.4 Å². The molecule has 0 saturated heterocycles. The van der Waals surface area contributed by atoms with Gasteiger partial charge in [-0.25, -0.2) is 14.6 Å². The molecule has 0 aliphatic carbocycles. The third-order valence-electron chi connectivity index (χ3n) is 5.59. The molecule has 10 heteroatoms. The number of hydrazine groups is 1. The van der Waals surface area contributed by atoms with E-state index >= 15 is 0 Å². The summed E-state index contributed by atoms with van der Waals surface area (Å²) in [5, 5.41) is 2.14. The van der Waals surface area contributed by atoms with Gasteiger partial charge in [-0.05, 0) is 39.3 Å². The van der Waals surface area contributed by atoms with Crippen molar-refractivity contribution >= 4 is 40.7 Å². The first-order chi connectivity index (χ1) is 17.7. The summed E-state index contributed by atoms with van der Waals surface area (Å²) >= 11 is 1.17. The van der Waals surface area contributed by atoms with Crippen molar-refractivity contribution in [2.75, 3.05) is 10.7 Å². The molecule has 194 valence electrons. The first-order valence-corrected chi connectivity index (χ1v) is 13.0. The predicted molar refractivity (Wildman–Crippen MR) is 143 cm³/mol. The normalized spacial score (nSPS) is 18.5. The van der Waals surface area contributed by atoms with Gasteiger partial charge < -0.3 is 14.4 Å². The van der Waals surface area contributed by atoms with Crippen molar-refractivity contribution in [1.29, 1.82) is 0 Å². The van der Waals surface area contributed by atoms with Gasteiger partial charge in [0, 0.05) is 11.3 Å². The summed E-state index contributed by atoms with van der Waals surface area (Å²) < 4.78 is 11.0. The second-order valence-corrected chi connectivity index (χ2v) is 10.0. The monoisotopic (exact) mass is 522 g/mol. The number of carbonyl (C=O) groups is 3. The van der Waals surface area contributed by atoms with Crippen molar-refractivity contribution in [1.82, 2.24) is 10.0 Å². The highest BCUT2D eigenvalue weighted by Crippen LogP contribution is 2.50. The fraction of sp³-hybridized carbons (Fsp3) is 0.333. The molecule has 1 spiro atoms. The minimum atomic E-state index is -1.88. The first kappa shape index (κ1) is 26.3. The Balaban J connectivity index is 1.91. The second-order valence-electron chi connectivity index (χ2n) is 9.05. The summed E-state index contributed by atoms with van der Waals surface area (Å²) in [6, 6.07) is 16.7. The van der Waals surface area contributed by atoms with Crippen molar-refractivity contribution in [3.8, 4) is 0 Å². The highest BCUT2D eigenvalue weighted by atomic mass is 32.2. The van der Waals surface area contributed by atoms with E-state index in [-0.39, 0.29) is 11.7 Å². The van der Waals surface area contributed by atoms with Crippen molar-refractivity contribution in [3.05, 3.63) is 78.4 Å². The Hall–Kier alpha value is -3.79. The smallest absolute Gasteiger partial charge is 0.436 e. The van der Waals surface area contributed by atoms with Crippen LogP contribution in [0.15, 0.2) is 72.2 Å². The zero-order valence-corrected chi connectivity index (χ0v) is 22.1. The van der Waals surface area contributed by atoms with Gasteiger partial charge in [0.1, 0.15) is 0 Å². The van der Waals surface area contributed by atoms with Crippen LogP contribution in [-0.2, 0) is 26.5 Å². The third-order valence-corrected chi connectivity index (χ3v) is 6.52. The largest absolute Gasteiger partial charge is 0.445 e. The molecule has 0 aromatic heterocycles. The zero-order valence-electron chi connectivity index (χ0n) is 21.3. The van der Waals surface area contributed by atoms with Gasteiger partial charge in [-0.2, -0.15) is 10.0 Å². The Bertz CT molecular complexity index is 1230. The third kappa shape index (κ3) is 4.81. The molecule has 0 bridgehead atoms. The summed E-state index contributed by atoms with van der Waals surface area (Å²) in [6.07, 6.45) is -1.07. The topological polar surface area (TPSA) is 91.8 Å². The van der Waals surface area contributed by atoms with Gasteiger partial charge in [-0.15, -0.1) is 6.58 Å². The van der Waals surface area contributed by atoms with E-state index in [0.29, 0.717) is 17.0 Å². The molecule has 1 unspecified atom stereocenters. The van der Waals surface area contributed by atoms with Gasteiger partial charge in [0.25, 0.3) is 11.6 Å². The molecule has 4 rings (SSSR count). The van der Waals surface area contributed by atoms with Crippen molar-refractivity contribution in [2.45, 2.75) is 52.1 Å². The number of hydrogen-bond donors (Lipinski definition) is 0. The molecule has 3 amide bonds. The summed E-state index contributed by atoms with van der Waals surface area (Å²) in [7, 11) is 0. The Morgan fingerprint density at radius 2 is 1.62 bits per heavy atom. The number of thioether (sulfide) groups is 1. The summed E-state index contributed by atoms with van der Waals surface area (Å²) in [6.45, 7) is 10.8. The van der Waals surface area contributed by atoms with Crippen molar-refractivity contribution in [3.63, 3.8) is 0 Å². The number of carbonyl (C=O) groups excluding carboxylic acids is 3. The Labute approximate surface area is 220 Å². The molecule has 2 aromatic carbocycles. The van der Waals surface area contributed by atoms with Crippen LogP contribution in [-0.4, -0.2) is 51.2 Å². The molecule has 2 aromatic rings. The van der Waals surface area contributed by atoms with Crippen LogP contribution >= 0.6 is 11.8 Å². The highest BCUT2D eigenvalue weighted by Gasteiger charge is 2.65. The standard InChI is InChI=1S/C27H30N4O5S/c1-6-16-37-24-28-27(31(26(34)36-19(4)5)30(24)25(33)35-18(2)3)21-14-10-11-15-22(21)29(23(27)32)17-20-12-8-7-9-13-20/h6-15,18-19H,1,16-17H2,2-5H3. The molecule has 0 N–H and O–H groups in total. The number of amidine groups is 1. The lowest BCUT2D eigenvalue weighted by atomic mass is 10.0. The fourth-order valence-electron chi connectivity index (χ4n) is 4.22. The van der Waals surface area contributed by atoms with Crippen LogP contribution in [0.25, 0.3) is 0 Å². The lowest BCUT2D eigenvalue weighted by Crippen LogP contribution is -2.59. The average molecular weight is 523 g/mol. The van der Waals surface area contributed by atoms with E-state index in [4.69, 9.17) is 14.5 Å². The first-order valence-electron chi connectivity index (χ1n) is 12.0. The average Bonchev–Trinajstić information content (AvgIpc) is 3.32. The van der Waals surface area contributed by atoms with Gasteiger partial charge >= 0.3 is 12.2 Å². The number of aliphatic imine (C=N–C) groups is 1. The fourth-order valence-corrected chi connectivity index (χ4v) is 4.96. The van der Waals surface area contributed by atoms with Crippen molar-refractivity contribution < 1.29 is 23.9 Å². The molecule has 2 heterocycles. The van der Waals surface area contributed by atoms with E-state index in [0.717, 1.165) is 15.6 Å². The maximum absolute atomic E-state index is 14.4. The minimum absolute atomic E-state index is 0.135. The SMILES string of the molecule is C=CCSC1=NC2(C(=O)N(Cc3ccccc3)c3ccccc32)N(C(=O)OC(C)C)N1C(=O)OC(C)C. The lowest BCUT2D eigenvalue weighted by Gasteiger charge is -2.35. The van der Waals surface area contributed by atoms with Gasteiger partial charge in [0.2, 0.25) is 0 Å². The summed E-state index contributed by atoms with van der Waals surface area (Å²) in [4.78, 5) is 47.7. The number of ether oxygens (including phenoxy) is 2. The van der Waals surface area contributed by atoms with E-state index in [2.05, 4.69) is 6.58 Å². The maximum Gasteiger partial charge on any atom is 0.436 e.